The second kappa shape index (κ2) is 11.2. The molecule has 0 saturated carbocycles. The van der Waals surface area contributed by atoms with Crippen LogP contribution in [0.3, 0.4) is 0 Å². The van der Waals surface area contributed by atoms with Crippen molar-refractivity contribution in [1.29, 1.82) is 0 Å². The van der Waals surface area contributed by atoms with Gasteiger partial charge in [0.15, 0.2) is 0 Å². The molecule has 6 nitrogen and oxygen atoms in total. The fourth-order valence-corrected chi connectivity index (χ4v) is 4.82. The van der Waals surface area contributed by atoms with Gasteiger partial charge in [0.1, 0.15) is 18.9 Å². The summed E-state index contributed by atoms with van der Waals surface area (Å²) < 4.78 is 6.13. The van der Waals surface area contributed by atoms with Crippen molar-refractivity contribution in [3.8, 4) is 5.75 Å². The lowest BCUT2D eigenvalue weighted by Crippen LogP contribution is -2.49. The summed E-state index contributed by atoms with van der Waals surface area (Å²) in [5, 5.41) is 4.84. The van der Waals surface area contributed by atoms with E-state index in [1.807, 2.05) is 24.0 Å². The number of thiophene rings is 1. The van der Waals surface area contributed by atoms with Crippen LogP contribution in [0.4, 0.5) is 4.79 Å². The number of nitrogens with one attached hydrogen (secondary N) is 1. The van der Waals surface area contributed by atoms with Crippen molar-refractivity contribution in [1.82, 2.24) is 15.1 Å². The quantitative estimate of drug-likeness (QED) is 0.563. The van der Waals surface area contributed by atoms with Gasteiger partial charge in [-0.3, -0.25) is 4.79 Å². The summed E-state index contributed by atoms with van der Waals surface area (Å²) in [4.78, 5) is 30.3. The molecule has 3 rings (SSSR count). The van der Waals surface area contributed by atoms with E-state index < -0.39 is 0 Å². The molecule has 32 heavy (non-hydrogen) atoms. The average Bonchev–Trinajstić information content (AvgIpc) is 3.26. The van der Waals surface area contributed by atoms with Gasteiger partial charge in [-0.05, 0) is 54.0 Å². The molecule has 1 unspecified atom stereocenters. The van der Waals surface area contributed by atoms with E-state index in [0.717, 1.165) is 17.7 Å². The summed E-state index contributed by atoms with van der Waals surface area (Å²) in [7, 11) is 0. The first kappa shape index (κ1) is 23.9. The van der Waals surface area contributed by atoms with Gasteiger partial charge in [-0.1, -0.05) is 32.1 Å². The Labute approximate surface area is 194 Å². The zero-order valence-corrected chi connectivity index (χ0v) is 20.0. The smallest absolute Gasteiger partial charge is 0.318 e. The van der Waals surface area contributed by atoms with E-state index in [1.165, 1.54) is 15.3 Å². The van der Waals surface area contributed by atoms with Gasteiger partial charge < -0.3 is 19.9 Å². The van der Waals surface area contributed by atoms with Gasteiger partial charge in [0.05, 0.1) is 6.04 Å². The minimum absolute atomic E-state index is 0.0108. The SMILES string of the molecule is C=CCN(CC(=O)N1CCc2sccc2C1COc1ccc(C(C)C)cc1)C(=O)NCC. The van der Waals surface area contributed by atoms with Crippen molar-refractivity contribution < 1.29 is 14.3 Å². The monoisotopic (exact) mass is 455 g/mol. The number of ether oxygens (including phenoxy) is 1. The predicted molar refractivity (Wildman–Crippen MR) is 129 cm³/mol. The van der Waals surface area contributed by atoms with E-state index in [-0.39, 0.29) is 24.5 Å². The third-order valence-electron chi connectivity index (χ3n) is 5.66. The number of nitrogens with zero attached hydrogens (tertiary/aromatic N) is 2. The Balaban J connectivity index is 1.74. The number of urea groups is 1. The Kier molecular flexibility index (Phi) is 8.33. The van der Waals surface area contributed by atoms with Crippen LogP contribution in [0.1, 0.15) is 48.7 Å². The van der Waals surface area contributed by atoms with Crippen molar-refractivity contribution >= 4 is 23.3 Å². The molecule has 3 amide bonds. The second-order valence-electron chi connectivity index (χ2n) is 8.19. The van der Waals surface area contributed by atoms with Crippen molar-refractivity contribution in [2.75, 3.05) is 32.8 Å². The fourth-order valence-electron chi connectivity index (χ4n) is 3.89. The molecule has 0 spiro atoms. The molecular weight excluding hydrogens is 422 g/mol. The van der Waals surface area contributed by atoms with Crippen LogP contribution in [-0.2, 0) is 11.2 Å². The minimum atomic E-state index is -0.257. The molecule has 2 aromatic rings. The van der Waals surface area contributed by atoms with Gasteiger partial charge in [0.2, 0.25) is 5.91 Å². The lowest BCUT2D eigenvalue weighted by molar-refractivity contribution is -0.135. The molecule has 172 valence electrons. The highest BCUT2D eigenvalue weighted by Gasteiger charge is 2.33. The van der Waals surface area contributed by atoms with Gasteiger partial charge >= 0.3 is 6.03 Å². The Morgan fingerprint density at radius 2 is 2.06 bits per heavy atom. The molecule has 0 fully saturated rings. The molecule has 7 heteroatoms. The first-order valence-corrected chi connectivity index (χ1v) is 12.0. The maximum absolute atomic E-state index is 13.3. The summed E-state index contributed by atoms with van der Waals surface area (Å²) in [6, 6.07) is 9.78. The maximum atomic E-state index is 13.3. The first-order chi connectivity index (χ1) is 15.4. The number of rotatable bonds is 9. The van der Waals surface area contributed by atoms with Gasteiger partial charge in [-0.2, -0.15) is 0 Å². The molecule has 1 aliphatic heterocycles. The molecule has 1 aromatic carbocycles. The van der Waals surface area contributed by atoms with E-state index in [4.69, 9.17) is 4.74 Å². The Morgan fingerprint density at radius 3 is 2.72 bits per heavy atom. The number of hydrogen-bond donors (Lipinski definition) is 1. The zero-order valence-electron chi connectivity index (χ0n) is 19.2. The summed E-state index contributed by atoms with van der Waals surface area (Å²) in [6.45, 7) is 11.7. The van der Waals surface area contributed by atoms with Crippen LogP contribution in [-0.4, -0.2) is 54.5 Å². The zero-order chi connectivity index (χ0) is 23.1. The maximum Gasteiger partial charge on any atom is 0.318 e. The lowest BCUT2D eigenvalue weighted by Gasteiger charge is -2.37. The minimum Gasteiger partial charge on any atom is -0.491 e. The van der Waals surface area contributed by atoms with Gasteiger partial charge in [-0.15, -0.1) is 17.9 Å². The number of carbonyl (C=O) groups is 2. The van der Waals surface area contributed by atoms with Crippen LogP contribution in [0.25, 0.3) is 0 Å². The summed E-state index contributed by atoms with van der Waals surface area (Å²) in [5.74, 6) is 1.17. The van der Waals surface area contributed by atoms with E-state index in [1.54, 1.807) is 17.4 Å². The highest BCUT2D eigenvalue weighted by atomic mass is 32.1. The van der Waals surface area contributed by atoms with Gasteiger partial charge in [0.25, 0.3) is 0 Å². The molecule has 1 aromatic heterocycles. The van der Waals surface area contributed by atoms with Crippen LogP contribution >= 0.6 is 11.3 Å². The molecule has 0 saturated heterocycles. The van der Waals surface area contributed by atoms with E-state index in [9.17, 15) is 9.59 Å². The summed E-state index contributed by atoms with van der Waals surface area (Å²) >= 11 is 1.72. The molecular formula is C25H33N3O3S. The van der Waals surface area contributed by atoms with Crippen LogP contribution in [0.2, 0.25) is 0 Å². The topological polar surface area (TPSA) is 61.9 Å². The van der Waals surface area contributed by atoms with Crippen molar-refractivity contribution in [3.05, 3.63) is 64.4 Å². The Bertz CT molecular complexity index is 923. The summed E-state index contributed by atoms with van der Waals surface area (Å²) in [6.07, 6.45) is 2.46. The first-order valence-electron chi connectivity index (χ1n) is 11.2. The highest BCUT2D eigenvalue weighted by Crippen LogP contribution is 2.34. The molecule has 1 atom stereocenters. The third kappa shape index (κ3) is 5.71. The molecule has 0 bridgehead atoms. The summed E-state index contributed by atoms with van der Waals surface area (Å²) in [5.41, 5.74) is 2.40. The van der Waals surface area contributed by atoms with Gasteiger partial charge in [0, 0.05) is 24.5 Å². The predicted octanol–water partition coefficient (Wildman–Crippen LogP) is 4.59. The Hall–Kier alpha value is -2.80. The van der Waals surface area contributed by atoms with Crippen LogP contribution < -0.4 is 10.1 Å². The molecule has 0 aliphatic carbocycles. The largest absolute Gasteiger partial charge is 0.491 e. The molecule has 2 heterocycles. The van der Waals surface area contributed by atoms with Crippen molar-refractivity contribution in [2.24, 2.45) is 0 Å². The van der Waals surface area contributed by atoms with Crippen molar-refractivity contribution in [2.45, 2.75) is 39.2 Å². The van der Waals surface area contributed by atoms with Crippen molar-refractivity contribution in [3.63, 3.8) is 0 Å². The number of fused-ring (bicyclic) bond motifs is 1. The molecule has 0 radical (unpaired) electrons. The second-order valence-corrected chi connectivity index (χ2v) is 9.19. The van der Waals surface area contributed by atoms with E-state index in [0.29, 0.717) is 32.2 Å². The van der Waals surface area contributed by atoms with Crippen LogP contribution in [0.5, 0.6) is 5.75 Å². The molecule has 1 aliphatic rings. The van der Waals surface area contributed by atoms with Crippen LogP contribution in [0.15, 0.2) is 48.4 Å². The fraction of sp³-hybridized carbons (Fsp3) is 0.440. The lowest BCUT2D eigenvalue weighted by atomic mass is 10.00. The average molecular weight is 456 g/mol. The highest BCUT2D eigenvalue weighted by molar-refractivity contribution is 7.10. The Morgan fingerprint density at radius 1 is 1.31 bits per heavy atom. The van der Waals surface area contributed by atoms with Crippen LogP contribution in [0, 0.1) is 0 Å². The standard InChI is InChI=1S/C25H33N3O3S/c1-5-13-27(25(30)26-6-2)16-24(29)28-14-11-23-21(12-15-32-23)22(28)17-31-20-9-7-19(8-10-20)18(3)4/h5,7-10,12,15,18,22H,1,6,11,13-14,16-17H2,2-4H3,(H,26,30). The number of hydrogen-bond acceptors (Lipinski definition) is 4. The number of benzene rings is 1. The number of amides is 3. The molecule has 1 N–H and O–H groups in total. The van der Waals surface area contributed by atoms with Gasteiger partial charge in [-0.25, -0.2) is 4.79 Å². The van der Waals surface area contributed by atoms with E-state index >= 15 is 0 Å². The third-order valence-corrected chi connectivity index (χ3v) is 6.66. The normalized spacial score (nSPS) is 15.2. The number of carbonyl (C=O) groups excluding carboxylic acids is 2. The van der Waals surface area contributed by atoms with E-state index in [2.05, 4.69) is 49.3 Å².